The molecule has 0 bridgehead atoms. The Balaban J connectivity index is 1.42. The van der Waals surface area contributed by atoms with Gasteiger partial charge in [0.15, 0.2) is 11.7 Å². The average Bonchev–Trinajstić information content (AvgIpc) is 3.49. The van der Waals surface area contributed by atoms with Crippen molar-refractivity contribution in [3.05, 3.63) is 46.9 Å². The number of imidazole rings is 1. The van der Waals surface area contributed by atoms with Crippen LogP contribution in [0.2, 0.25) is 0 Å². The molecule has 2 amide bonds. The first-order valence-electron chi connectivity index (χ1n) is 12.2. The van der Waals surface area contributed by atoms with Crippen LogP contribution in [0.25, 0.3) is 0 Å². The number of carbonyl (C=O) groups is 1. The summed E-state index contributed by atoms with van der Waals surface area (Å²) < 4.78 is 0. The maximum atomic E-state index is 13.4. The Morgan fingerprint density at radius 3 is 2.50 bits per heavy atom. The first-order chi connectivity index (χ1) is 15.3. The van der Waals surface area contributed by atoms with E-state index < -0.39 is 0 Å². The van der Waals surface area contributed by atoms with Gasteiger partial charge in [0, 0.05) is 12.5 Å². The molecule has 5 rings (SSSR count). The average molecular weight is 434 g/mol. The Kier molecular flexibility index (Phi) is 5.34. The summed E-state index contributed by atoms with van der Waals surface area (Å²) in [4.78, 5) is 30.6. The maximum Gasteiger partial charge on any atom is 0.331 e. The number of benzene rings is 1. The van der Waals surface area contributed by atoms with Gasteiger partial charge in [0.25, 0.3) is 0 Å². The summed E-state index contributed by atoms with van der Waals surface area (Å²) in [6.07, 6.45) is 6.62. The Morgan fingerprint density at radius 1 is 1.12 bits per heavy atom. The highest BCUT2D eigenvalue weighted by atomic mass is 16.2. The van der Waals surface area contributed by atoms with Crippen LogP contribution < -0.4 is 4.90 Å². The summed E-state index contributed by atoms with van der Waals surface area (Å²) in [6.45, 7) is 10.1. The number of rotatable bonds is 5. The van der Waals surface area contributed by atoms with Crippen molar-refractivity contribution in [2.75, 3.05) is 18.0 Å². The van der Waals surface area contributed by atoms with E-state index in [1.54, 1.807) is 0 Å². The Morgan fingerprint density at radius 2 is 1.84 bits per heavy atom. The lowest BCUT2D eigenvalue weighted by molar-refractivity contribution is 0.226. The number of amidine groups is 1. The minimum Gasteiger partial charge on any atom is -0.337 e. The van der Waals surface area contributed by atoms with E-state index in [9.17, 15) is 4.79 Å². The Bertz CT molecular complexity index is 1020. The highest BCUT2D eigenvalue weighted by molar-refractivity contribution is 6.18. The van der Waals surface area contributed by atoms with E-state index in [1.807, 2.05) is 9.80 Å². The van der Waals surface area contributed by atoms with Crippen molar-refractivity contribution in [2.45, 2.75) is 83.6 Å². The number of aromatic amines is 1. The molecule has 1 aliphatic carbocycles. The lowest BCUT2D eigenvalue weighted by atomic mass is 9.86. The molecule has 1 N–H and O–H groups in total. The molecule has 1 aromatic heterocycles. The van der Waals surface area contributed by atoms with Crippen LogP contribution in [0.1, 0.15) is 88.4 Å². The third-order valence-corrected chi connectivity index (χ3v) is 7.08. The number of anilines is 1. The third kappa shape index (κ3) is 3.74. The minimum atomic E-state index is 0.0214. The zero-order valence-electron chi connectivity index (χ0n) is 19.8. The van der Waals surface area contributed by atoms with Gasteiger partial charge in [-0.1, -0.05) is 64.8 Å². The van der Waals surface area contributed by atoms with E-state index in [1.165, 1.54) is 36.8 Å². The van der Waals surface area contributed by atoms with Gasteiger partial charge in [-0.2, -0.15) is 0 Å². The number of urea groups is 1. The summed E-state index contributed by atoms with van der Waals surface area (Å²) in [5.41, 5.74) is 3.69. The zero-order valence-corrected chi connectivity index (χ0v) is 19.8. The predicted octanol–water partition coefficient (Wildman–Crippen LogP) is 5.39. The van der Waals surface area contributed by atoms with Crippen molar-refractivity contribution in [1.29, 1.82) is 0 Å². The number of hydrogen-bond donors (Lipinski definition) is 1. The second-order valence-corrected chi connectivity index (χ2v) is 10.6. The Hall–Kier alpha value is -2.63. The molecular weight excluding hydrogens is 398 g/mol. The molecule has 1 atom stereocenters. The van der Waals surface area contributed by atoms with Crippen molar-refractivity contribution >= 4 is 17.7 Å². The monoisotopic (exact) mass is 433 g/mol. The third-order valence-electron chi connectivity index (χ3n) is 7.08. The topological polar surface area (TPSA) is 64.6 Å². The molecule has 0 saturated heterocycles. The number of nitrogens with zero attached hydrogens (tertiary/aromatic N) is 4. The fraction of sp³-hybridized carbons (Fsp3) is 0.577. The van der Waals surface area contributed by atoms with Gasteiger partial charge in [0.1, 0.15) is 11.5 Å². The molecule has 6 nitrogen and oxygen atoms in total. The molecule has 3 aliphatic rings. The number of carbonyl (C=O) groups excluding carboxylic acids is 1. The SMILES string of the molecule is CCCN1C(=O)N2CC(Cc3ccc(C(C)(C)C)cc3)N=C2c2[nH]c(C3CCCC3)nc21. The van der Waals surface area contributed by atoms with Crippen LogP contribution in [0.15, 0.2) is 29.3 Å². The van der Waals surface area contributed by atoms with Gasteiger partial charge < -0.3 is 4.98 Å². The molecule has 170 valence electrons. The molecule has 1 saturated carbocycles. The summed E-state index contributed by atoms with van der Waals surface area (Å²) in [7, 11) is 0. The fourth-order valence-electron chi connectivity index (χ4n) is 5.26. The van der Waals surface area contributed by atoms with Gasteiger partial charge in [-0.15, -0.1) is 0 Å². The summed E-state index contributed by atoms with van der Waals surface area (Å²) in [5.74, 6) is 3.08. The van der Waals surface area contributed by atoms with E-state index in [2.05, 4.69) is 56.9 Å². The number of amides is 2. The maximum absolute atomic E-state index is 13.4. The molecule has 3 heterocycles. The normalized spacial score (nSPS) is 21.2. The number of fused-ring (bicyclic) bond motifs is 3. The molecule has 1 aromatic carbocycles. The van der Waals surface area contributed by atoms with Crippen molar-refractivity contribution in [3.63, 3.8) is 0 Å². The van der Waals surface area contributed by atoms with Crippen LogP contribution in [-0.4, -0.2) is 45.9 Å². The molecular formula is C26H35N5O. The molecule has 0 spiro atoms. The van der Waals surface area contributed by atoms with Gasteiger partial charge in [-0.05, 0) is 42.2 Å². The van der Waals surface area contributed by atoms with Crippen molar-refractivity contribution in [1.82, 2.24) is 14.9 Å². The molecule has 1 fully saturated rings. The molecule has 0 radical (unpaired) electrons. The predicted molar refractivity (Wildman–Crippen MR) is 129 cm³/mol. The standard InChI is InChI=1S/C26H35N5O/c1-5-14-30-24-21(28-22(29-24)18-8-6-7-9-18)23-27-20(16-31(23)25(30)32)15-17-10-12-19(13-11-17)26(2,3)4/h10-13,18,20H,5-9,14-16H2,1-4H3,(H,28,29). The smallest absolute Gasteiger partial charge is 0.331 e. The zero-order chi connectivity index (χ0) is 22.5. The largest absolute Gasteiger partial charge is 0.337 e. The Labute approximate surface area is 191 Å². The van der Waals surface area contributed by atoms with Crippen molar-refractivity contribution in [2.24, 2.45) is 4.99 Å². The van der Waals surface area contributed by atoms with Crippen LogP contribution >= 0.6 is 0 Å². The summed E-state index contributed by atoms with van der Waals surface area (Å²) >= 11 is 0. The molecule has 32 heavy (non-hydrogen) atoms. The highest BCUT2D eigenvalue weighted by Crippen LogP contribution is 2.37. The number of nitrogens with one attached hydrogen (secondary N) is 1. The van der Waals surface area contributed by atoms with Gasteiger partial charge in [0.2, 0.25) is 0 Å². The van der Waals surface area contributed by atoms with Gasteiger partial charge in [-0.25, -0.2) is 9.78 Å². The molecule has 6 heteroatoms. The first kappa shape index (κ1) is 21.2. The van der Waals surface area contributed by atoms with Crippen LogP contribution in [0.3, 0.4) is 0 Å². The van der Waals surface area contributed by atoms with Crippen LogP contribution in [0.5, 0.6) is 0 Å². The quantitative estimate of drug-likeness (QED) is 0.687. The second kappa shape index (κ2) is 8.05. The molecule has 2 aromatic rings. The van der Waals surface area contributed by atoms with Gasteiger partial charge in [-0.3, -0.25) is 14.8 Å². The van der Waals surface area contributed by atoms with E-state index in [0.717, 1.165) is 36.0 Å². The van der Waals surface area contributed by atoms with Gasteiger partial charge >= 0.3 is 6.03 Å². The number of aliphatic imine (C=N–C) groups is 1. The van der Waals surface area contributed by atoms with Crippen molar-refractivity contribution < 1.29 is 4.79 Å². The van der Waals surface area contributed by atoms with Crippen molar-refractivity contribution in [3.8, 4) is 0 Å². The van der Waals surface area contributed by atoms with E-state index in [4.69, 9.17) is 9.98 Å². The highest BCUT2D eigenvalue weighted by Gasteiger charge is 2.42. The number of H-pyrrole nitrogens is 1. The lowest BCUT2D eigenvalue weighted by Gasteiger charge is -2.32. The second-order valence-electron chi connectivity index (χ2n) is 10.6. The van der Waals surface area contributed by atoms with E-state index in [0.29, 0.717) is 19.0 Å². The van der Waals surface area contributed by atoms with E-state index >= 15 is 0 Å². The van der Waals surface area contributed by atoms with Crippen LogP contribution in [0, 0.1) is 0 Å². The van der Waals surface area contributed by atoms with Gasteiger partial charge in [0.05, 0.1) is 12.6 Å². The number of aromatic nitrogens is 2. The van der Waals surface area contributed by atoms with Crippen LogP contribution in [0.4, 0.5) is 10.6 Å². The summed E-state index contributed by atoms with van der Waals surface area (Å²) in [6, 6.07) is 8.96. The van der Waals surface area contributed by atoms with Crippen LogP contribution in [-0.2, 0) is 11.8 Å². The summed E-state index contributed by atoms with van der Waals surface area (Å²) in [5, 5.41) is 0. The molecule has 1 unspecified atom stereocenters. The molecule has 2 aliphatic heterocycles. The fourth-order valence-corrected chi connectivity index (χ4v) is 5.26. The lowest BCUT2D eigenvalue weighted by Crippen LogP contribution is -2.50. The first-order valence-corrected chi connectivity index (χ1v) is 12.2. The minimum absolute atomic E-state index is 0.0214. The van der Waals surface area contributed by atoms with E-state index in [-0.39, 0.29) is 17.5 Å². The number of hydrogen-bond acceptors (Lipinski definition) is 3.